The van der Waals surface area contributed by atoms with Crippen LogP contribution in [-0.4, -0.2) is 62.6 Å². The molecule has 0 aromatic carbocycles. The third-order valence-corrected chi connectivity index (χ3v) is 8.32. The normalized spacial score (nSPS) is 22.3. The van der Waals surface area contributed by atoms with Gasteiger partial charge in [0.05, 0.1) is 11.5 Å². The Morgan fingerprint density at radius 1 is 0.800 bits per heavy atom. The van der Waals surface area contributed by atoms with Gasteiger partial charge in [-0.3, -0.25) is 0 Å². The highest BCUT2D eigenvalue weighted by molar-refractivity contribution is 7.89. The summed E-state index contributed by atoms with van der Waals surface area (Å²) in [6.45, 7) is 14.6. The summed E-state index contributed by atoms with van der Waals surface area (Å²) >= 11 is 0. The first kappa shape index (κ1) is 22.9. The second-order valence-corrected chi connectivity index (χ2v) is 13.7. The van der Waals surface area contributed by atoms with Crippen LogP contribution in [0.25, 0.3) is 0 Å². The Balaban J connectivity index is 2.73. The summed E-state index contributed by atoms with van der Waals surface area (Å²) in [6.07, 6.45) is 1.18. The summed E-state index contributed by atoms with van der Waals surface area (Å²) in [6, 6.07) is -0.330. The summed E-state index contributed by atoms with van der Waals surface area (Å²) in [5.74, 6) is 0.220. The van der Waals surface area contributed by atoms with Gasteiger partial charge in [0.2, 0.25) is 20.0 Å². The molecule has 1 aliphatic heterocycles. The number of piperazine rings is 1. The lowest BCUT2D eigenvalue weighted by Gasteiger charge is -2.38. The first-order chi connectivity index (χ1) is 11.0. The van der Waals surface area contributed by atoms with Crippen molar-refractivity contribution in [3.63, 3.8) is 0 Å². The largest absolute Gasteiger partial charge is 0.214 e. The van der Waals surface area contributed by atoms with Crippen molar-refractivity contribution >= 4 is 20.0 Å². The smallest absolute Gasteiger partial charge is 0.212 e. The third-order valence-electron chi connectivity index (χ3n) is 4.50. The fraction of sp³-hybridized carbons (Fsp3) is 1.00. The molecule has 1 heterocycles. The van der Waals surface area contributed by atoms with Gasteiger partial charge in [-0.15, -0.1) is 0 Å². The fourth-order valence-electron chi connectivity index (χ4n) is 2.69. The Morgan fingerprint density at radius 3 is 1.64 bits per heavy atom. The molecule has 0 N–H and O–H groups in total. The number of hydrogen-bond donors (Lipinski definition) is 0. The lowest BCUT2D eigenvalue weighted by Crippen LogP contribution is -2.56. The van der Waals surface area contributed by atoms with Crippen molar-refractivity contribution < 1.29 is 16.8 Å². The maximum Gasteiger partial charge on any atom is 0.214 e. The highest BCUT2D eigenvalue weighted by atomic mass is 32.2. The van der Waals surface area contributed by atoms with Crippen molar-refractivity contribution in [2.45, 2.75) is 67.3 Å². The molecule has 0 amide bonds. The quantitative estimate of drug-likeness (QED) is 0.691. The van der Waals surface area contributed by atoms with E-state index in [1.807, 2.05) is 41.5 Å². The van der Waals surface area contributed by atoms with Crippen LogP contribution >= 0.6 is 0 Å². The molecule has 25 heavy (non-hydrogen) atoms. The molecule has 0 aromatic rings. The maximum atomic E-state index is 12.6. The summed E-state index contributed by atoms with van der Waals surface area (Å²) in [5, 5.41) is 0. The summed E-state index contributed by atoms with van der Waals surface area (Å²) < 4.78 is 53.3. The number of rotatable bonds is 6. The van der Waals surface area contributed by atoms with E-state index in [4.69, 9.17) is 0 Å². The van der Waals surface area contributed by atoms with Crippen LogP contribution in [-0.2, 0) is 20.0 Å². The van der Waals surface area contributed by atoms with Gasteiger partial charge in [0.25, 0.3) is 0 Å². The second-order valence-electron chi connectivity index (χ2n) is 9.57. The molecule has 6 nitrogen and oxygen atoms in total. The summed E-state index contributed by atoms with van der Waals surface area (Å²) in [4.78, 5) is 0. The Labute approximate surface area is 155 Å². The molecule has 1 atom stereocenters. The first-order valence-corrected chi connectivity index (χ1v) is 12.2. The van der Waals surface area contributed by atoms with E-state index in [0.29, 0.717) is 12.8 Å². The molecule has 1 unspecified atom stereocenters. The van der Waals surface area contributed by atoms with Gasteiger partial charge in [0.15, 0.2) is 0 Å². The molecule has 1 fully saturated rings. The topological polar surface area (TPSA) is 74.8 Å². The summed E-state index contributed by atoms with van der Waals surface area (Å²) in [7, 11) is -6.70. The van der Waals surface area contributed by atoms with Crippen LogP contribution < -0.4 is 0 Å². The van der Waals surface area contributed by atoms with E-state index in [0.717, 1.165) is 0 Å². The van der Waals surface area contributed by atoms with Crippen LogP contribution in [0.3, 0.4) is 0 Å². The van der Waals surface area contributed by atoms with Gasteiger partial charge in [0.1, 0.15) is 0 Å². The fourth-order valence-corrected chi connectivity index (χ4v) is 6.70. The van der Waals surface area contributed by atoms with Gasteiger partial charge in [-0.25, -0.2) is 16.8 Å². The average Bonchev–Trinajstić information content (AvgIpc) is 2.41. The van der Waals surface area contributed by atoms with E-state index in [2.05, 4.69) is 0 Å². The standard InChI is InChI=1S/C17H36N2O4S2/c1-15-14-18(24(20,21)12-8-16(2,3)4)10-11-19(15)25(22,23)13-9-17(5,6)7/h15H,8-14H2,1-7H3. The highest BCUT2D eigenvalue weighted by Crippen LogP contribution is 2.25. The monoisotopic (exact) mass is 396 g/mol. The molecule has 150 valence electrons. The minimum absolute atomic E-state index is 0.0448. The van der Waals surface area contributed by atoms with E-state index < -0.39 is 20.0 Å². The molecule has 0 spiro atoms. The minimum Gasteiger partial charge on any atom is -0.212 e. The van der Waals surface area contributed by atoms with E-state index >= 15 is 0 Å². The van der Waals surface area contributed by atoms with Gasteiger partial charge in [-0.05, 0) is 30.6 Å². The van der Waals surface area contributed by atoms with E-state index in [1.165, 1.54) is 8.61 Å². The maximum absolute atomic E-state index is 12.6. The number of nitrogens with zero attached hydrogens (tertiary/aromatic N) is 2. The van der Waals surface area contributed by atoms with Crippen LogP contribution in [0.1, 0.15) is 61.3 Å². The minimum atomic E-state index is -3.36. The van der Waals surface area contributed by atoms with Crippen molar-refractivity contribution in [1.82, 2.24) is 8.61 Å². The molecule has 0 aliphatic carbocycles. The molecule has 1 rings (SSSR count). The van der Waals surface area contributed by atoms with Gasteiger partial charge in [-0.2, -0.15) is 8.61 Å². The van der Waals surface area contributed by atoms with E-state index in [9.17, 15) is 16.8 Å². The Morgan fingerprint density at radius 2 is 1.24 bits per heavy atom. The predicted molar refractivity (Wildman–Crippen MR) is 103 cm³/mol. The molecule has 0 aromatic heterocycles. The molecular formula is C17H36N2O4S2. The van der Waals surface area contributed by atoms with Crippen LogP contribution in [0.15, 0.2) is 0 Å². The van der Waals surface area contributed by atoms with Crippen LogP contribution in [0.5, 0.6) is 0 Å². The Hall–Kier alpha value is -0.180. The van der Waals surface area contributed by atoms with Gasteiger partial charge < -0.3 is 0 Å². The summed E-state index contributed by atoms with van der Waals surface area (Å²) in [5.41, 5.74) is -0.0920. The second kappa shape index (κ2) is 7.82. The molecule has 0 bridgehead atoms. The van der Waals surface area contributed by atoms with Crippen LogP contribution in [0.2, 0.25) is 0 Å². The van der Waals surface area contributed by atoms with Crippen molar-refractivity contribution in [3.8, 4) is 0 Å². The molecule has 8 heteroatoms. The Bertz CT molecular complexity index is 643. The number of hydrogen-bond acceptors (Lipinski definition) is 4. The molecule has 1 aliphatic rings. The van der Waals surface area contributed by atoms with Crippen molar-refractivity contribution in [2.24, 2.45) is 10.8 Å². The van der Waals surface area contributed by atoms with Gasteiger partial charge in [-0.1, -0.05) is 41.5 Å². The molecule has 1 saturated heterocycles. The van der Waals surface area contributed by atoms with Crippen molar-refractivity contribution in [1.29, 1.82) is 0 Å². The SMILES string of the molecule is CC1CN(S(=O)(=O)CCC(C)(C)C)CCN1S(=O)(=O)CCC(C)(C)C. The molecule has 0 saturated carbocycles. The average molecular weight is 397 g/mol. The zero-order chi connectivity index (χ0) is 19.7. The molecular weight excluding hydrogens is 360 g/mol. The zero-order valence-corrected chi connectivity index (χ0v) is 18.5. The first-order valence-electron chi connectivity index (χ1n) is 9.01. The lowest BCUT2D eigenvalue weighted by atomic mass is 9.94. The van der Waals surface area contributed by atoms with Crippen molar-refractivity contribution in [2.75, 3.05) is 31.1 Å². The van der Waals surface area contributed by atoms with Crippen LogP contribution in [0.4, 0.5) is 0 Å². The third kappa shape index (κ3) is 7.53. The van der Waals surface area contributed by atoms with Crippen LogP contribution in [0, 0.1) is 10.8 Å². The van der Waals surface area contributed by atoms with Gasteiger partial charge >= 0.3 is 0 Å². The highest BCUT2D eigenvalue weighted by Gasteiger charge is 2.37. The van der Waals surface area contributed by atoms with Crippen molar-refractivity contribution in [3.05, 3.63) is 0 Å². The Kier molecular flexibility index (Phi) is 7.15. The number of sulfonamides is 2. The lowest BCUT2D eigenvalue weighted by molar-refractivity contribution is 0.211. The predicted octanol–water partition coefficient (Wildman–Crippen LogP) is 2.52. The van der Waals surface area contributed by atoms with E-state index in [1.54, 1.807) is 6.92 Å². The van der Waals surface area contributed by atoms with E-state index in [-0.39, 0.29) is 48.0 Å². The zero-order valence-electron chi connectivity index (χ0n) is 16.9. The van der Waals surface area contributed by atoms with Gasteiger partial charge in [0, 0.05) is 25.7 Å². The molecule has 0 radical (unpaired) electrons.